The van der Waals surface area contributed by atoms with E-state index >= 15 is 0 Å². The highest BCUT2D eigenvalue weighted by atomic mass is 79.9. The van der Waals surface area contributed by atoms with Crippen molar-refractivity contribution in [3.8, 4) is 0 Å². The van der Waals surface area contributed by atoms with Crippen molar-refractivity contribution in [3.63, 3.8) is 0 Å². The van der Waals surface area contributed by atoms with Crippen LogP contribution in [-0.2, 0) is 21.9 Å². The first-order chi connectivity index (χ1) is 9.51. The van der Waals surface area contributed by atoms with Crippen LogP contribution in [0.2, 0.25) is 0 Å². The molecule has 0 aliphatic carbocycles. The lowest BCUT2D eigenvalue weighted by atomic mass is 10.2. The summed E-state index contributed by atoms with van der Waals surface area (Å²) in [4.78, 5) is -0.0745. The van der Waals surface area contributed by atoms with Gasteiger partial charge in [0, 0.05) is 11.9 Å². The quantitative estimate of drug-likeness (QED) is 0.835. The molecule has 0 amide bonds. The Balaban J connectivity index is 2.09. The summed E-state index contributed by atoms with van der Waals surface area (Å²) in [5, 5.41) is 0.752. The zero-order valence-corrected chi connectivity index (χ0v) is 12.9. The molecule has 0 fully saturated rings. The number of benzene rings is 2. The monoisotopic (exact) mass is 357 g/mol. The van der Waals surface area contributed by atoms with Gasteiger partial charge in [0.2, 0.25) is 10.0 Å². The molecule has 0 heterocycles. The molecule has 106 valence electrons. The molecule has 0 aliphatic heterocycles. The first-order valence-electron chi connectivity index (χ1n) is 5.90. The molecule has 0 atom stereocenters. The van der Waals surface area contributed by atoms with Crippen molar-refractivity contribution >= 4 is 26.0 Å². The van der Waals surface area contributed by atoms with E-state index in [0.717, 1.165) is 22.5 Å². The van der Waals surface area contributed by atoms with Gasteiger partial charge in [0.1, 0.15) is 5.82 Å². The van der Waals surface area contributed by atoms with Crippen molar-refractivity contribution in [2.45, 2.75) is 16.8 Å². The number of hydrogen-bond acceptors (Lipinski definition) is 2. The highest BCUT2D eigenvalue weighted by Crippen LogP contribution is 2.12. The molecule has 0 radical (unpaired) electrons. The number of halogens is 2. The summed E-state index contributed by atoms with van der Waals surface area (Å²) in [5.74, 6) is -0.574. The Kier molecular flexibility index (Phi) is 4.91. The maximum absolute atomic E-state index is 13.0. The van der Waals surface area contributed by atoms with E-state index in [-0.39, 0.29) is 11.4 Å². The van der Waals surface area contributed by atoms with Crippen LogP contribution in [0.15, 0.2) is 53.4 Å². The van der Waals surface area contributed by atoms with E-state index in [1.54, 1.807) is 0 Å². The Morgan fingerprint density at radius 1 is 1.05 bits per heavy atom. The second-order valence-electron chi connectivity index (χ2n) is 4.23. The number of sulfonamides is 1. The fourth-order valence-corrected chi connectivity index (χ4v) is 3.06. The van der Waals surface area contributed by atoms with Crippen LogP contribution in [0, 0.1) is 5.82 Å². The van der Waals surface area contributed by atoms with Gasteiger partial charge in [-0.2, -0.15) is 0 Å². The third-order valence-electron chi connectivity index (χ3n) is 2.75. The van der Waals surface area contributed by atoms with E-state index in [1.807, 2.05) is 24.3 Å². The fourth-order valence-electron chi connectivity index (χ4n) is 1.64. The molecule has 0 aromatic heterocycles. The summed E-state index contributed by atoms with van der Waals surface area (Å²) < 4.78 is 39.5. The van der Waals surface area contributed by atoms with E-state index in [9.17, 15) is 12.8 Å². The average Bonchev–Trinajstić information content (AvgIpc) is 2.46. The predicted octanol–water partition coefficient (Wildman–Crippen LogP) is 3.20. The molecular weight excluding hydrogens is 345 g/mol. The lowest BCUT2D eigenvalue weighted by molar-refractivity contribution is 0.577. The number of alkyl halides is 1. The molecule has 6 heteroatoms. The zero-order chi connectivity index (χ0) is 14.6. The van der Waals surface area contributed by atoms with Crippen LogP contribution in [0.1, 0.15) is 11.1 Å². The van der Waals surface area contributed by atoms with Gasteiger partial charge in [0.15, 0.2) is 0 Å². The molecule has 0 aliphatic rings. The minimum atomic E-state index is -3.70. The molecule has 0 unspecified atom stereocenters. The van der Waals surface area contributed by atoms with E-state index in [1.165, 1.54) is 18.2 Å². The largest absolute Gasteiger partial charge is 0.240 e. The summed E-state index contributed by atoms with van der Waals surface area (Å²) in [6.45, 7) is 0.168. The second kappa shape index (κ2) is 6.47. The molecule has 20 heavy (non-hydrogen) atoms. The van der Waals surface area contributed by atoms with E-state index in [0.29, 0.717) is 0 Å². The van der Waals surface area contributed by atoms with E-state index in [2.05, 4.69) is 20.7 Å². The molecule has 2 aromatic carbocycles. The Hall–Kier alpha value is -1.24. The Bertz CT molecular complexity index is 687. The van der Waals surface area contributed by atoms with Crippen molar-refractivity contribution in [1.29, 1.82) is 0 Å². The standard InChI is InChI=1S/C14H13BrFNO2S/c15-9-11-4-6-12(7-5-11)10-17-20(18,19)14-3-1-2-13(16)8-14/h1-8,17H,9-10H2. The Morgan fingerprint density at radius 3 is 2.30 bits per heavy atom. The summed E-state index contributed by atoms with van der Waals surface area (Å²) in [6.07, 6.45) is 0. The predicted molar refractivity (Wildman–Crippen MR) is 79.5 cm³/mol. The van der Waals surface area contributed by atoms with Crippen molar-refractivity contribution in [2.24, 2.45) is 0 Å². The van der Waals surface area contributed by atoms with Crippen molar-refractivity contribution < 1.29 is 12.8 Å². The highest BCUT2D eigenvalue weighted by Gasteiger charge is 2.14. The number of rotatable bonds is 5. The van der Waals surface area contributed by atoms with Gasteiger partial charge >= 0.3 is 0 Å². The molecule has 2 rings (SSSR count). The molecule has 0 spiro atoms. The van der Waals surface area contributed by atoms with Gasteiger partial charge in [0.25, 0.3) is 0 Å². The number of nitrogens with one attached hydrogen (secondary N) is 1. The molecule has 0 saturated carbocycles. The van der Waals surface area contributed by atoms with Gasteiger partial charge in [-0.1, -0.05) is 46.3 Å². The molecule has 0 saturated heterocycles. The van der Waals surface area contributed by atoms with Gasteiger partial charge < -0.3 is 0 Å². The van der Waals surface area contributed by atoms with Crippen LogP contribution in [-0.4, -0.2) is 8.42 Å². The van der Waals surface area contributed by atoms with Crippen molar-refractivity contribution in [3.05, 3.63) is 65.5 Å². The average molecular weight is 358 g/mol. The lowest BCUT2D eigenvalue weighted by Crippen LogP contribution is -2.23. The molecule has 3 nitrogen and oxygen atoms in total. The van der Waals surface area contributed by atoms with Crippen LogP contribution in [0.25, 0.3) is 0 Å². The lowest BCUT2D eigenvalue weighted by Gasteiger charge is -2.07. The normalized spacial score (nSPS) is 11.5. The van der Waals surface area contributed by atoms with E-state index in [4.69, 9.17) is 0 Å². The summed E-state index contributed by atoms with van der Waals surface area (Å²) >= 11 is 3.34. The van der Waals surface area contributed by atoms with Crippen molar-refractivity contribution in [1.82, 2.24) is 4.72 Å². The van der Waals surface area contributed by atoms with Crippen LogP contribution >= 0.6 is 15.9 Å². The van der Waals surface area contributed by atoms with Gasteiger partial charge in [0.05, 0.1) is 4.90 Å². The van der Waals surface area contributed by atoms with Crippen LogP contribution < -0.4 is 4.72 Å². The first-order valence-corrected chi connectivity index (χ1v) is 8.51. The summed E-state index contributed by atoms with van der Waals surface area (Å²) in [7, 11) is -3.70. The first kappa shape index (κ1) is 15.2. The van der Waals surface area contributed by atoms with Crippen LogP contribution in [0.3, 0.4) is 0 Å². The third kappa shape index (κ3) is 3.88. The zero-order valence-electron chi connectivity index (χ0n) is 10.5. The number of hydrogen-bond donors (Lipinski definition) is 1. The summed E-state index contributed by atoms with van der Waals surface area (Å²) in [6, 6.07) is 12.5. The van der Waals surface area contributed by atoms with Gasteiger partial charge in [-0.3, -0.25) is 0 Å². The highest BCUT2D eigenvalue weighted by molar-refractivity contribution is 9.08. The molecule has 0 bridgehead atoms. The molecular formula is C14H13BrFNO2S. The SMILES string of the molecule is O=S(=O)(NCc1ccc(CBr)cc1)c1cccc(F)c1. The summed E-state index contributed by atoms with van der Waals surface area (Å²) in [5.41, 5.74) is 1.96. The molecule has 2 aromatic rings. The smallest absolute Gasteiger partial charge is 0.207 e. The topological polar surface area (TPSA) is 46.2 Å². The maximum atomic E-state index is 13.0. The van der Waals surface area contributed by atoms with Gasteiger partial charge in [-0.15, -0.1) is 0 Å². The minimum Gasteiger partial charge on any atom is -0.207 e. The van der Waals surface area contributed by atoms with Crippen LogP contribution in [0.5, 0.6) is 0 Å². The Morgan fingerprint density at radius 2 is 1.70 bits per heavy atom. The fraction of sp³-hybridized carbons (Fsp3) is 0.143. The Labute approximate surface area is 126 Å². The minimum absolute atomic E-state index is 0.0745. The molecule has 1 N–H and O–H groups in total. The third-order valence-corrected chi connectivity index (χ3v) is 4.80. The second-order valence-corrected chi connectivity index (χ2v) is 6.56. The van der Waals surface area contributed by atoms with Crippen LogP contribution in [0.4, 0.5) is 4.39 Å². The maximum Gasteiger partial charge on any atom is 0.240 e. The van der Waals surface area contributed by atoms with Gasteiger partial charge in [-0.25, -0.2) is 17.5 Å². The van der Waals surface area contributed by atoms with E-state index < -0.39 is 15.8 Å². The van der Waals surface area contributed by atoms with Gasteiger partial charge in [-0.05, 0) is 29.3 Å². The van der Waals surface area contributed by atoms with Crippen molar-refractivity contribution in [2.75, 3.05) is 0 Å².